The van der Waals surface area contributed by atoms with Crippen LogP contribution < -0.4 is 9.47 Å². The first kappa shape index (κ1) is 17.2. The van der Waals surface area contributed by atoms with Crippen LogP contribution in [0.15, 0.2) is 53.7 Å². The molecule has 3 rings (SSSR count). The second-order valence-corrected chi connectivity index (χ2v) is 5.76. The van der Waals surface area contributed by atoms with Crippen LogP contribution in [0.2, 0.25) is 0 Å². The second kappa shape index (κ2) is 7.93. The third-order valence-corrected chi connectivity index (χ3v) is 4.27. The molecule has 0 aliphatic rings. The highest BCUT2D eigenvalue weighted by molar-refractivity contribution is 7.98. The zero-order valence-electron chi connectivity index (χ0n) is 13.2. The Bertz CT molecular complexity index is 844. The molecule has 0 aliphatic carbocycles. The highest BCUT2D eigenvalue weighted by atomic mass is 32.2. The minimum Gasteiger partial charge on any atom is -0.494 e. The van der Waals surface area contributed by atoms with E-state index in [0.29, 0.717) is 27.9 Å². The summed E-state index contributed by atoms with van der Waals surface area (Å²) in [4.78, 5) is 0. The second-order valence-electron chi connectivity index (χ2n) is 4.82. The number of nitrogens with zero attached hydrogens (tertiary/aromatic N) is 4. The summed E-state index contributed by atoms with van der Waals surface area (Å²) in [5.74, 6) is 1.14. The van der Waals surface area contributed by atoms with E-state index >= 15 is 0 Å². The fourth-order valence-corrected chi connectivity index (χ4v) is 3.08. The van der Waals surface area contributed by atoms with E-state index in [4.69, 9.17) is 4.74 Å². The summed E-state index contributed by atoms with van der Waals surface area (Å²) in [5.41, 5.74) is 1.32. The number of hydrogen-bond donors (Lipinski definition) is 0. The van der Waals surface area contributed by atoms with Gasteiger partial charge in [0, 0.05) is 11.3 Å². The van der Waals surface area contributed by atoms with Crippen LogP contribution in [0.4, 0.5) is 8.78 Å². The zero-order chi connectivity index (χ0) is 17.6. The number of ether oxygens (including phenoxy) is 2. The SMILES string of the molecule is COc1ccccc1-n1nnnc1SCc1ccccc1OC(F)F. The summed E-state index contributed by atoms with van der Waals surface area (Å²) in [6.07, 6.45) is 0. The van der Waals surface area contributed by atoms with Crippen LogP contribution in [0.1, 0.15) is 5.56 Å². The van der Waals surface area contributed by atoms with Crippen LogP contribution >= 0.6 is 11.8 Å². The van der Waals surface area contributed by atoms with Crippen molar-refractivity contribution >= 4 is 11.8 Å². The molecule has 1 aromatic heterocycles. The Morgan fingerprint density at radius 2 is 1.80 bits per heavy atom. The lowest BCUT2D eigenvalue weighted by molar-refractivity contribution is -0.0503. The first-order chi connectivity index (χ1) is 12.2. The van der Waals surface area contributed by atoms with Gasteiger partial charge in [0.15, 0.2) is 0 Å². The molecule has 0 amide bonds. The molecule has 0 radical (unpaired) electrons. The summed E-state index contributed by atoms with van der Waals surface area (Å²) in [7, 11) is 1.56. The highest BCUT2D eigenvalue weighted by Crippen LogP contribution is 2.30. The first-order valence-electron chi connectivity index (χ1n) is 7.26. The van der Waals surface area contributed by atoms with Gasteiger partial charge in [0.1, 0.15) is 17.2 Å². The van der Waals surface area contributed by atoms with Crippen molar-refractivity contribution in [3.63, 3.8) is 0 Å². The molecule has 9 heteroatoms. The van der Waals surface area contributed by atoms with Gasteiger partial charge in [-0.2, -0.15) is 13.5 Å². The quantitative estimate of drug-likeness (QED) is 0.598. The smallest absolute Gasteiger partial charge is 0.387 e. The van der Waals surface area contributed by atoms with Crippen LogP contribution in [-0.2, 0) is 5.75 Å². The Hall–Kier alpha value is -2.68. The normalized spacial score (nSPS) is 10.9. The lowest BCUT2D eigenvalue weighted by Crippen LogP contribution is -2.04. The van der Waals surface area contributed by atoms with Crippen molar-refractivity contribution in [3.8, 4) is 17.2 Å². The number of hydrogen-bond acceptors (Lipinski definition) is 6. The molecule has 0 spiro atoms. The molecule has 2 aromatic carbocycles. The van der Waals surface area contributed by atoms with E-state index in [9.17, 15) is 8.78 Å². The molecular formula is C16H14F2N4O2S. The van der Waals surface area contributed by atoms with E-state index in [1.807, 2.05) is 18.2 Å². The van der Waals surface area contributed by atoms with Crippen LogP contribution in [0.5, 0.6) is 11.5 Å². The van der Waals surface area contributed by atoms with Crippen molar-refractivity contribution in [2.24, 2.45) is 0 Å². The van der Waals surface area contributed by atoms with Crippen molar-refractivity contribution in [1.82, 2.24) is 20.2 Å². The van der Waals surface area contributed by atoms with Gasteiger partial charge in [-0.25, -0.2) is 0 Å². The maximum absolute atomic E-state index is 12.5. The minimum atomic E-state index is -2.87. The average molecular weight is 364 g/mol. The van der Waals surface area contributed by atoms with Gasteiger partial charge in [-0.05, 0) is 28.6 Å². The molecule has 0 unspecified atom stereocenters. The number of para-hydroxylation sites is 3. The summed E-state index contributed by atoms with van der Waals surface area (Å²) >= 11 is 1.31. The van der Waals surface area contributed by atoms with Crippen LogP contribution in [0.25, 0.3) is 5.69 Å². The zero-order valence-corrected chi connectivity index (χ0v) is 14.0. The molecule has 0 bridgehead atoms. The molecule has 6 nitrogen and oxygen atoms in total. The molecule has 130 valence electrons. The van der Waals surface area contributed by atoms with E-state index in [-0.39, 0.29) is 5.75 Å². The predicted molar refractivity (Wildman–Crippen MR) is 88.3 cm³/mol. The topological polar surface area (TPSA) is 62.1 Å². The maximum atomic E-state index is 12.5. The predicted octanol–water partition coefficient (Wildman–Crippen LogP) is 3.56. The largest absolute Gasteiger partial charge is 0.494 e. The van der Waals surface area contributed by atoms with Crippen molar-refractivity contribution in [1.29, 1.82) is 0 Å². The summed E-state index contributed by atoms with van der Waals surface area (Å²) in [6, 6.07) is 14.0. The molecule has 3 aromatic rings. The van der Waals surface area contributed by atoms with Gasteiger partial charge in [0.2, 0.25) is 5.16 Å². The van der Waals surface area contributed by atoms with Gasteiger partial charge in [0.25, 0.3) is 0 Å². The van der Waals surface area contributed by atoms with E-state index in [2.05, 4.69) is 20.3 Å². The van der Waals surface area contributed by atoms with Gasteiger partial charge < -0.3 is 9.47 Å². The molecule has 0 atom stereocenters. The Labute approximate surface area is 146 Å². The van der Waals surface area contributed by atoms with Gasteiger partial charge in [-0.1, -0.05) is 42.1 Å². The lowest BCUT2D eigenvalue weighted by Gasteiger charge is -2.11. The average Bonchev–Trinajstić information content (AvgIpc) is 3.09. The number of thioether (sulfide) groups is 1. The fraction of sp³-hybridized carbons (Fsp3) is 0.188. The lowest BCUT2D eigenvalue weighted by atomic mass is 10.2. The minimum absolute atomic E-state index is 0.140. The number of rotatable bonds is 7. The van der Waals surface area contributed by atoms with Gasteiger partial charge in [0.05, 0.1) is 7.11 Å². The standard InChI is InChI=1S/C16H14F2N4O2S/c1-23-14-9-5-3-7-12(14)22-16(19-20-21-22)25-10-11-6-2-4-8-13(11)24-15(17)18/h2-9,15H,10H2,1H3. The van der Waals surface area contributed by atoms with Gasteiger partial charge in [-0.15, -0.1) is 5.10 Å². The molecule has 0 N–H and O–H groups in total. The van der Waals surface area contributed by atoms with Crippen LogP contribution in [0, 0.1) is 0 Å². The number of methoxy groups -OCH3 is 1. The number of alkyl halides is 2. The van der Waals surface area contributed by atoms with Crippen molar-refractivity contribution in [3.05, 3.63) is 54.1 Å². The Kier molecular flexibility index (Phi) is 5.44. The Balaban J connectivity index is 1.81. The number of benzene rings is 2. The van der Waals surface area contributed by atoms with Crippen molar-refractivity contribution in [2.75, 3.05) is 7.11 Å². The molecule has 1 heterocycles. The van der Waals surface area contributed by atoms with Crippen molar-refractivity contribution in [2.45, 2.75) is 17.5 Å². The van der Waals surface area contributed by atoms with E-state index in [0.717, 1.165) is 0 Å². The maximum Gasteiger partial charge on any atom is 0.387 e. The number of aromatic nitrogens is 4. The highest BCUT2D eigenvalue weighted by Gasteiger charge is 2.15. The summed E-state index contributed by atoms with van der Waals surface area (Å²) in [6.45, 7) is -2.87. The third-order valence-electron chi connectivity index (χ3n) is 3.30. The van der Waals surface area contributed by atoms with Crippen LogP contribution in [-0.4, -0.2) is 33.9 Å². The molecular weight excluding hydrogens is 350 g/mol. The van der Waals surface area contributed by atoms with Crippen LogP contribution in [0.3, 0.4) is 0 Å². The molecule has 0 saturated carbocycles. The first-order valence-corrected chi connectivity index (χ1v) is 8.25. The van der Waals surface area contributed by atoms with Gasteiger partial charge >= 0.3 is 6.61 Å². The van der Waals surface area contributed by atoms with E-state index < -0.39 is 6.61 Å². The molecule has 0 saturated heterocycles. The van der Waals surface area contributed by atoms with E-state index in [1.165, 1.54) is 17.8 Å². The van der Waals surface area contributed by atoms with Crippen molar-refractivity contribution < 1.29 is 18.3 Å². The van der Waals surface area contributed by atoms with Gasteiger partial charge in [-0.3, -0.25) is 0 Å². The molecule has 0 fully saturated rings. The molecule has 0 aliphatic heterocycles. The molecule has 25 heavy (non-hydrogen) atoms. The summed E-state index contributed by atoms with van der Waals surface area (Å²) in [5, 5.41) is 12.2. The monoisotopic (exact) mass is 364 g/mol. The fourth-order valence-electron chi connectivity index (χ4n) is 2.20. The summed E-state index contributed by atoms with van der Waals surface area (Å²) < 4.78 is 36.4. The Morgan fingerprint density at radius 1 is 1.08 bits per heavy atom. The number of tetrazole rings is 1. The third kappa shape index (κ3) is 4.05. The number of halogens is 2. The Morgan fingerprint density at radius 3 is 2.56 bits per heavy atom. The van der Waals surface area contributed by atoms with E-state index in [1.54, 1.807) is 36.1 Å².